The van der Waals surface area contributed by atoms with E-state index in [1.807, 2.05) is 11.9 Å². The van der Waals surface area contributed by atoms with E-state index >= 15 is 0 Å². The molecule has 2 aliphatic rings. The Labute approximate surface area is 135 Å². The molecule has 0 aromatic rings. The number of carbonyl (C=O) groups excluding carboxylic acids is 1. The van der Waals surface area contributed by atoms with Gasteiger partial charge in [-0.1, -0.05) is 6.92 Å². The van der Waals surface area contributed by atoms with E-state index in [0.717, 1.165) is 25.6 Å². The van der Waals surface area contributed by atoms with Crippen LogP contribution in [0.25, 0.3) is 0 Å². The molecule has 0 spiro atoms. The third-order valence-corrected chi connectivity index (χ3v) is 5.22. The van der Waals surface area contributed by atoms with E-state index in [2.05, 4.69) is 11.8 Å². The van der Waals surface area contributed by atoms with Crippen molar-refractivity contribution in [1.29, 1.82) is 0 Å². The van der Waals surface area contributed by atoms with Gasteiger partial charge in [-0.2, -0.15) is 0 Å². The number of rotatable bonds is 4. The topological polar surface area (TPSA) is 49.6 Å². The maximum Gasteiger partial charge on any atom is 0.236 e. The van der Waals surface area contributed by atoms with Crippen molar-refractivity contribution in [2.45, 2.75) is 51.5 Å². The van der Waals surface area contributed by atoms with E-state index in [-0.39, 0.29) is 12.4 Å². The number of piperidine rings is 1. The second-order valence-electron chi connectivity index (χ2n) is 6.90. The molecule has 1 atom stereocenters. The second kappa shape index (κ2) is 8.96. The van der Waals surface area contributed by atoms with Crippen molar-refractivity contribution >= 4 is 18.3 Å². The standard InChI is InChI=1S/C16H31N3O.ClH/c1-13-5-7-15(8-6-13)18(2)16(20)12-19-9-3-4-14(10-17)11-19;/h13-15H,3-12,17H2,1-2H3;1H. The Kier molecular flexibility index (Phi) is 7.99. The van der Waals surface area contributed by atoms with E-state index in [1.165, 1.54) is 38.5 Å². The highest BCUT2D eigenvalue weighted by atomic mass is 35.5. The summed E-state index contributed by atoms with van der Waals surface area (Å²) in [5, 5.41) is 0. The molecule has 0 aromatic heterocycles. The summed E-state index contributed by atoms with van der Waals surface area (Å²) < 4.78 is 0. The number of hydrogen-bond acceptors (Lipinski definition) is 3. The van der Waals surface area contributed by atoms with Crippen LogP contribution >= 0.6 is 12.4 Å². The van der Waals surface area contributed by atoms with Gasteiger partial charge in [0.25, 0.3) is 0 Å². The van der Waals surface area contributed by atoms with E-state index in [1.54, 1.807) is 0 Å². The summed E-state index contributed by atoms with van der Waals surface area (Å²) in [6, 6.07) is 0.466. The summed E-state index contributed by atoms with van der Waals surface area (Å²) in [7, 11) is 1.99. The zero-order valence-corrected chi connectivity index (χ0v) is 14.4. The molecule has 1 saturated carbocycles. The lowest BCUT2D eigenvalue weighted by Crippen LogP contribution is -2.47. The normalized spacial score (nSPS) is 30.5. The van der Waals surface area contributed by atoms with Crippen molar-refractivity contribution < 1.29 is 4.79 Å². The summed E-state index contributed by atoms with van der Waals surface area (Å²) in [4.78, 5) is 16.7. The summed E-state index contributed by atoms with van der Waals surface area (Å²) in [5.74, 6) is 1.71. The van der Waals surface area contributed by atoms with Crippen LogP contribution in [0, 0.1) is 11.8 Å². The average molecular weight is 318 g/mol. The van der Waals surface area contributed by atoms with Crippen LogP contribution < -0.4 is 5.73 Å². The van der Waals surface area contributed by atoms with Crippen molar-refractivity contribution in [3.05, 3.63) is 0 Å². The predicted molar refractivity (Wildman–Crippen MR) is 89.7 cm³/mol. The van der Waals surface area contributed by atoms with Crippen molar-refractivity contribution in [2.75, 3.05) is 33.2 Å². The van der Waals surface area contributed by atoms with E-state index in [4.69, 9.17) is 5.73 Å². The molecule has 2 N–H and O–H groups in total. The molecule has 1 heterocycles. The fraction of sp³-hybridized carbons (Fsp3) is 0.938. The third kappa shape index (κ3) is 5.42. The molecule has 124 valence electrons. The minimum Gasteiger partial charge on any atom is -0.342 e. The number of likely N-dealkylation sites (N-methyl/N-ethyl adjacent to an activating group) is 1. The Balaban J connectivity index is 0.00000220. The van der Waals surface area contributed by atoms with Crippen molar-refractivity contribution in [1.82, 2.24) is 9.80 Å². The van der Waals surface area contributed by atoms with Gasteiger partial charge in [-0.25, -0.2) is 0 Å². The smallest absolute Gasteiger partial charge is 0.236 e. The van der Waals surface area contributed by atoms with Crippen LogP contribution in [-0.2, 0) is 4.79 Å². The van der Waals surface area contributed by atoms with Crippen LogP contribution in [0.4, 0.5) is 0 Å². The molecule has 1 unspecified atom stereocenters. The highest BCUT2D eigenvalue weighted by molar-refractivity contribution is 5.85. The van der Waals surface area contributed by atoms with Gasteiger partial charge >= 0.3 is 0 Å². The summed E-state index contributed by atoms with van der Waals surface area (Å²) >= 11 is 0. The van der Waals surface area contributed by atoms with Crippen LogP contribution in [0.2, 0.25) is 0 Å². The zero-order valence-electron chi connectivity index (χ0n) is 13.6. The number of carbonyl (C=O) groups is 1. The summed E-state index contributed by atoms with van der Waals surface area (Å²) in [5.41, 5.74) is 5.76. The van der Waals surface area contributed by atoms with Gasteiger partial charge in [0.05, 0.1) is 6.54 Å². The monoisotopic (exact) mass is 317 g/mol. The largest absolute Gasteiger partial charge is 0.342 e. The van der Waals surface area contributed by atoms with Crippen LogP contribution in [0.5, 0.6) is 0 Å². The minimum absolute atomic E-state index is 0. The maximum absolute atomic E-state index is 12.4. The fourth-order valence-electron chi connectivity index (χ4n) is 3.62. The molecule has 1 amide bonds. The molecular formula is C16H32ClN3O. The molecule has 21 heavy (non-hydrogen) atoms. The van der Waals surface area contributed by atoms with Crippen LogP contribution in [0.3, 0.4) is 0 Å². The molecule has 5 heteroatoms. The van der Waals surface area contributed by atoms with Gasteiger partial charge in [0.2, 0.25) is 5.91 Å². The molecule has 2 fully saturated rings. The van der Waals surface area contributed by atoms with Crippen molar-refractivity contribution in [3.63, 3.8) is 0 Å². The van der Waals surface area contributed by atoms with Gasteiger partial charge in [-0.15, -0.1) is 12.4 Å². The highest BCUT2D eigenvalue weighted by Crippen LogP contribution is 2.26. The molecule has 4 nitrogen and oxygen atoms in total. The first-order chi connectivity index (χ1) is 9.60. The van der Waals surface area contributed by atoms with Gasteiger partial charge in [-0.3, -0.25) is 9.69 Å². The Morgan fingerprint density at radius 3 is 2.52 bits per heavy atom. The lowest BCUT2D eigenvalue weighted by atomic mass is 9.87. The first-order valence-corrected chi connectivity index (χ1v) is 8.28. The van der Waals surface area contributed by atoms with Crippen LogP contribution in [0.15, 0.2) is 0 Å². The number of likely N-dealkylation sites (tertiary alicyclic amines) is 1. The third-order valence-electron chi connectivity index (χ3n) is 5.22. The molecule has 0 radical (unpaired) electrons. The molecule has 2 rings (SSSR count). The first-order valence-electron chi connectivity index (χ1n) is 8.28. The van der Waals surface area contributed by atoms with Gasteiger partial charge in [0, 0.05) is 19.6 Å². The van der Waals surface area contributed by atoms with Gasteiger partial charge < -0.3 is 10.6 Å². The van der Waals surface area contributed by atoms with Gasteiger partial charge in [-0.05, 0) is 63.5 Å². The van der Waals surface area contributed by atoms with Crippen molar-refractivity contribution in [3.8, 4) is 0 Å². The van der Waals surface area contributed by atoms with Gasteiger partial charge in [0.15, 0.2) is 0 Å². The summed E-state index contributed by atoms with van der Waals surface area (Å²) in [6.45, 7) is 5.70. The maximum atomic E-state index is 12.4. The highest BCUT2D eigenvalue weighted by Gasteiger charge is 2.27. The van der Waals surface area contributed by atoms with Gasteiger partial charge in [0.1, 0.15) is 0 Å². The molecule has 0 bridgehead atoms. The van der Waals surface area contributed by atoms with E-state index in [0.29, 0.717) is 24.4 Å². The van der Waals surface area contributed by atoms with Crippen molar-refractivity contribution in [2.24, 2.45) is 17.6 Å². The number of hydrogen-bond donors (Lipinski definition) is 1. The lowest BCUT2D eigenvalue weighted by molar-refractivity contribution is -0.134. The predicted octanol–water partition coefficient (Wildman–Crippen LogP) is 2.12. The minimum atomic E-state index is 0. The van der Waals surface area contributed by atoms with Crippen LogP contribution in [0.1, 0.15) is 45.4 Å². The Hall–Kier alpha value is -0.320. The molecule has 0 aromatic carbocycles. The fourth-order valence-corrected chi connectivity index (χ4v) is 3.62. The molecular weight excluding hydrogens is 286 g/mol. The Morgan fingerprint density at radius 2 is 1.90 bits per heavy atom. The first kappa shape index (κ1) is 18.7. The van der Waals surface area contributed by atoms with E-state index in [9.17, 15) is 4.79 Å². The second-order valence-corrected chi connectivity index (χ2v) is 6.90. The average Bonchev–Trinajstić information content (AvgIpc) is 2.47. The molecule has 1 aliphatic carbocycles. The number of nitrogens with zero attached hydrogens (tertiary/aromatic N) is 2. The zero-order chi connectivity index (χ0) is 14.5. The molecule has 1 saturated heterocycles. The Bertz CT molecular complexity index is 319. The SMILES string of the molecule is CC1CCC(N(C)C(=O)CN2CCCC(CN)C2)CC1.Cl. The quantitative estimate of drug-likeness (QED) is 0.864. The van der Waals surface area contributed by atoms with Crippen LogP contribution in [-0.4, -0.2) is 55.0 Å². The van der Waals surface area contributed by atoms with E-state index < -0.39 is 0 Å². The summed E-state index contributed by atoms with van der Waals surface area (Å²) in [6.07, 6.45) is 7.28. The number of nitrogens with two attached hydrogens (primary N) is 1. The number of halogens is 1. The number of amides is 1. The lowest BCUT2D eigenvalue weighted by Gasteiger charge is -2.36. The Morgan fingerprint density at radius 1 is 1.24 bits per heavy atom. The molecule has 1 aliphatic heterocycles.